The molecule has 1 amide bonds. The monoisotopic (exact) mass is 324 g/mol. The highest BCUT2D eigenvalue weighted by molar-refractivity contribution is 6.32. The summed E-state index contributed by atoms with van der Waals surface area (Å²) in [6.45, 7) is 2.35. The fourth-order valence-corrected chi connectivity index (χ4v) is 1.89. The van der Waals surface area contributed by atoms with E-state index in [0.717, 1.165) is 0 Å². The van der Waals surface area contributed by atoms with Crippen LogP contribution in [0.1, 0.15) is 17.4 Å². The zero-order chi connectivity index (χ0) is 16.1. The SMILES string of the molecule is CCNC(=O)c1ccn(COc2ccc([N+](=O)[O-])cc2Cl)n1. The van der Waals surface area contributed by atoms with Gasteiger partial charge in [-0.25, -0.2) is 4.68 Å². The molecule has 0 saturated carbocycles. The smallest absolute Gasteiger partial charge is 0.271 e. The maximum Gasteiger partial charge on any atom is 0.271 e. The molecule has 116 valence electrons. The molecule has 8 nitrogen and oxygen atoms in total. The molecule has 2 rings (SSSR count). The first-order valence-electron chi connectivity index (χ1n) is 6.39. The molecular formula is C13H13ClN4O4. The van der Waals surface area contributed by atoms with Crippen LogP contribution in [0.25, 0.3) is 0 Å². The first-order chi connectivity index (χ1) is 10.5. The molecule has 0 aliphatic heterocycles. The highest BCUT2D eigenvalue weighted by atomic mass is 35.5. The number of nitrogens with zero attached hydrogens (tertiary/aromatic N) is 3. The zero-order valence-corrected chi connectivity index (χ0v) is 12.4. The minimum Gasteiger partial charge on any atom is -0.470 e. The minimum atomic E-state index is -0.540. The van der Waals surface area contributed by atoms with Crippen molar-refractivity contribution in [3.63, 3.8) is 0 Å². The van der Waals surface area contributed by atoms with Gasteiger partial charge in [-0.1, -0.05) is 11.6 Å². The Morgan fingerprint density at radius 2 is 2.27 bits per heavy atom. The first kappa shape index (κ1) is 15.8. The number of carbonyl (C=O) groups is 1. The third-order valence-corrected chi connectivity index (χ3v) is 2.98. The standard InChI is InChI=1S/C13H13ClN4O4/c1-2-15-13(19)11-5-6-17(16-11)8-22-12-4-3-9(18(20)21)7-10(12)14/h3-7H,2,8H2,1H3,(H,15,19). The third-order valence-electron chi connectivity index (χ3n) is 2.69. The Kier molecular flexibility index (Phi) is 4.95. The number of nitro benzene ring substituents is 1. The van der Waals surface area contributed by atoms with Gasteiger partial charge in [-0.05, 0) is 19.1 Å². The second kappa shape index (κ2) is 6.90. The maximum absolute atomic E-state index is 11.6. The lowest BCUT2D eigenvalue weighted by molar-refractivity contribution is -0.384. The van der Waals surface area contributed by atoms with Crippen molar-refractivity contribution < 1.29 is 14.5 Å². The largest absolute Gasteiger partial charge is 0.470 e. The van der Waals surface area contributed by atoms with Crippen molar-refractivity contribution in [3.8, 4) is 5.75 Å². The van der Waals surface area contributed by atoms with Gasteiger partial charge in [0, 0.05) is 24.9 Å². The second-order valence-corrected chi connectivity index (χ2v) is 4.65. The highest BCUT2D eigenvalue weighted by Gasteiger charge is 2.11. The van der Waals surface area contributed by atoms with Gasteiger partial charge in [-0.2, -0.15) is 5.10 Å². The molecule has 0 atom stereocenters. The number of non-ortho nitro benzene ring substituents is 1. The number of amides is 1. The van der Waals surface area contributed by atoms with E-state index >= 15 is 0 Å². The van der Waals surface area contributed by atoms with Gasteiger partial charge in [0.15, 0.2) is 6.73 Å². The summed E-state index contributed by atoms with van der Waals surface area (Å²) in [5.41, 5.74) is 0.162. The van der Waals surface area contributed by atoms with Crippen LogP contribution in [-0.4, -0.2) is 27.2 Å². The predicted molar refractivity (Wildman–Crippen MR) is 79.0 cm³/mol. The first-order valence-corrected chi connectivity index (χ1v) is 6.77. The molecule has 1 aromatic carbocycles. The topological polar surface area (TPSA) is 99.3 Å². The molecule has 9 heteroatoms. The molecule has 0 radical (unpaired) electrons. The molecule has 0 aliphatic carbocycles. The van der Waals surface area contributed by atoms with Gasteiger partial charge in [0.05, 0.1) is 9.95 Å². The molecule has 0 spiro atoms. The normalized spacial score (nSPS) is 10.3. The van der Waals surface area contributed by atoms with Gasteiger partial charge in [-0.15, -0.1) is 0 Å². The quantitative estimate of drug-likeness (QED) is 0.649. The van der Waals surface area contributed by atoms with Crippen molar-refractivity contribution in [2.45, 2.75) is 13.7 Å². The summed E-state index contributed by atoms with van der Waals surface area (Å²) >= 11 is 5.91. The van der Waals surface area contributed by atoms with Gasteiger partial charge in [0.1, 0.15) is 11.4 Å². The molecule has 1 aromatic heterocycles. The van der Waals surface area contributed by atoms with E-state index in [1.54, 1.807) is 12.3 Å². The Labute approximate surface area is 130 Å². The van der Waals surface area contributed by atoms with Gasteiger partial charge < -0.3 is 10.1 Å². The lowest BCUT2D eigenvalue weighted by Crippen LogP contribution is -2.23. The number of aromatic nitrogens is 2. The lowest BCUT2D eigenvalue weighted by atomic mass is 10.3. The van der Waals surface area contributed by atoms with Crippen LogP contribution in [0.15, 0.2) is 30.5 Å². The van der Waals surface area contributed by atoms with E-state index in [9.17, 15) is 14.9 Å². The fourth-order valence-electron chi connectivity index (χ4n) is 1.66. The van der Waals surface area contributed by atoms with Crippen molar-refractivity contribution in [1.82, 2.24) is 15.1 Å². The molecule has 0 saturated heterocycles. The Hall–Kier alpha value is -2.61. The van der Waals surface area contributed by atoms with Crippen LogP contribution in [0.3, 0.4) is 0 Å². The van der Waals surface area contributed by atoms with Crippen molar-refractivity contribution in [1.29, 1.82) is 0 Å². The molecule has 1 N–H and O–H groups in total. The number of rotatable bonds is 6. The molecular weight excluding hydrogens is 312 g/mol. The number of hydrogen-bond donors (Lipinski definition) is 1. The van der Waals surface area contributed by atoms with Crippen molar-refractivity contribution in [3.05, 3.63) is 51.3 Å². The summed E-state index contributed by atoms with van der Waals surface area (Å²) < 4.78 is 6.84. The predicted octanol–water partition coefficient (Wildman–Crippen LogP) is 2.23. The number of halogens is 1. The fraction of sp³-hybridized carbons (Fsp3) is 0.231. The van der Waals surface area contributed by atoms with E-state index < -0.39 is 4.92 Å². The molecule has 2 aromatic rings. The molecule has 22 heavy (non-hydrogen) atoms. The number of carbonyl (C=O) groups excluding carboxylic acids is 1. The minimum absolute atomic E-state index is 0.0247. The van der Waals surface area contributed by atoms with Crippen LogP contribution in [0.4, 0.5) is 5.69 Å². The summed E-state index contributed by atoms with van der Waals surface area (Å²) in [6.07, 6.45) is 1.59. The zero-order valence-electron chi connectivity index (χ0n) is 11.7. The van der Waals surface area contributed by atoms with Crippen molar-refractivity contribution >= 4 is 23.2 Å². The summed E-state index contributed by atoms with van der Waals surface area (Å²) in [5, 5.41) is 17.4. The van der Waals surface area contributed by atoms with E-state index in [1.807, 2.05) is 6.92 Å². The lowest BCUT2D eigenvalue weighted by Gasteiger charge is -2.07. The van der Waals surface area contributed by atoms with Crippen LogP contribution in [0.5, 0.6) is 5.75 Å². The summed E-state index contributed by atoms with van der Waals surface area (Å²) in [4.78, 5) is 21.7. The Morgan fingerprint density at radius 3 is 2.91 bits per heavy atom. The Morgan fingerprint density at radius 1 is 1.50 bits per heavy atom. The van der Waals surface area contributed by atoms with Crippen molar-refractivity contribution in [2.75, 3.05) is 6.54 Å². The van der Waals surface area contributed by atoms with Crippen LogP contribution in [0, 0.1) is 10.1 Å². The Balaban J connectivity index is 2.01. The maximum atomic E-state index is 11.6. The average molecular weight is 325 g/mol. The highest BCUT2D eigenvalue weighted by Crippen LogP contribution is 2.28. The summed E-state index contributed by atoms with van der Waals surface area (Å²) in [7, 11) is 0. The van der Waals surface area contributed by atoms with Crippen molar-refractivity contribution in [2.24, 2.45) is 0 Å². The summed E-state index contributed by atoms with van der Waals surface area (Å²) in [5.74, 6) is 0.0249. The molecule has 1 heterocycles. The van der Waals surface area contributed by atoms with E-state index in [2.05, 4.69) is 10.4 Å². The van der Waals surface area contributed by atoms with Crippen LogP contribution in [-0.2, 0) is 6.73 Å². The number of ether oxygens (including phenoxy) is 1. The number of nitrogens with one attached hydrogen (secondary N) is 1. The van der Waals surface area contributed by atoms with E-state index in [0.29, 0.717) is 12.3 Å². The average Bonchev–Trinajstić information content (AvgIpc) is 2.95. The van der Waals surface area contributed by atoms with Crippen LogP contribution < -0.4 is 10.1 Å². The van der Waals surface area contributed by atoms with Gasteiger partial charge in [0.25, 0.3) is 11.6 Å². The third kappa shape index (κ3) is 3.73. The second-order valence-electron chi connectivity index (χ2n) is 4.25. The van der Waals surface area contributed by atoms with E-state index in [4.69, 9.17) is 16.3 Å². The number of nitro groups is 1. The Bertz CT molecular complexity index is 701. The van der Waals surface area contributed by atoms with Crippen LogP contribution >= 0.6 is 11.6 Å². The van der Waals surface area contributed by atoms with Crippen LogP contribution in [0.2, 0.25) is 5.02 Å². The number of hydrogen-bond acceptors (Lipinski definition) is 5. The van der Waals surface area contributed by atoms with Gasteiger partial charge in [-0.3, -0.25) is 14.9 Å². The van der Waals surface area contributed by atoms with Gasteiger partial charge >= 0.3 is 0 Å². The molecule has 0 unspecified atom stereocenters. The van der Waals surface area contributed by atoms with E-state index in [-0.39, 0.29) is 29.0 Å². The number of benzene rings is 1. The molecule has 0 bridgehead atoms. The molecule has 0 aliphatic rings. The van der Waals surface area contributed by atoms with E-state index in [1.165, 1.54) is 22.9 Å². The van der Waals surface area contributed by atoms with Gasteiger partial charge in [0.2, 0.25) is 0 Å². The molecule has 0 fully saturated rings. The summed E-state index contributed by atoms with van der Waals surface area (Å²) in [6, 6.07) is 5.48.